The molecule has 0 aliphatic heterocycles. The lowest BCUT2D eigenvalue weighted by molar-refractivity contribution is -0.135. The summed E-state index contributed by atoms with van der Waals surface area (Å²) >= 11 is 0. The first-order valence-electron chi connectivity index (χ1n) is 10.4. The molecule has 0 bridgehead atoms. The average Bonchev–Trinajstić information content (AvgIpc) is 2.81. The van der Waals surface area contributed by atoms with Crippen LogP contribution in [0.15, 0.2) is 70.7 Å². The predicted molar refractivity (Wildman–Crippen MR) is 124 cm³/mol. The Kier molecular flexibility index (Phi) is 7.40. The monoisotopic (exact) mass is 447 g/mol. The lowest BCUT2D eigenvalue weighted by Gasteiger charge is -2.21. The number of nitrogens with one attached hydrogen (secondary N) is 2. The second kappa shape index (κ2) is 10.4. The molecule has 33 heavy (non-hydrogen) atoms. The zero-order valence-corrected chi connectivity index (χ0v) is 18.3. The van der Waals surface area contributed by atoms with Gasteiger partial charge in [0, 0.05) is 35.2 Å². The summed E-state index contributed by atoms with van der Waals surface area (Å²) in [7, 11) is 0. The van der Waals surface area contributed by atoms with Crippen LogP contribution < -0.4 is 10.9 Å². The molecule has 0 fully saturated rings. The van der Waals surface area contributed by atoms with E-state index >= 15 is 0 Å². The lowest BCUT2D eigenvalue weighted by Crippen LogP contribution is -2.29. The second-order valence-electron chi connectivity index (χ2n) is 7.76. The van der Waals surface area contributed by atoms with Gasteiger partial charge in [-0.15, -0.1) is 0 Å². The predicted octanol–water partition coefficient (Wildman–Crippen LogP) is 3.21. The Balaban J connectivity index is 1.96. The summed E-state index contributed by atoms with van der Waals surface area (Å²) in [5.74, 6) is -1.79. The molecule has 3 rings (SSSR count). The maximum Gasteiger partial charge on any atom is 0.322 e. The highest BCUT2D eigenvalue weighted by atomic mass is 16.4. The van der Waals surface area contributed by atoms with E-state index in [1.807, 2.05) is 31.2 Å². The molecule has 4 N–H and O–H groups in total. The van der Waals surface area contributed by atoms with E-state index in [1.54, 1.807) is 37.3 Å². The summed E-state index contributed by atoms with van der Waals surface area (Å²) in [4.78, 5) is 37.2. The van der Waals surface area contributed by atoms with Gasteiger partial charge >= 0.3 is 5.97 Å². The van der Waals surface area contributed by atoms with Crippen molar-refractivity contribution in [2.75, 3.05) is 6.54 Å². The van der Waals surface area contributed by atoms with Crippen LogP contribution in [0.5, 0.6) is 0 Å². The summed E-state index contributed by atoms with van der Waals surface area (Å²) in [5, 5.41) is 24.4. The third kappa shape index (κ3) is 5.74. The maximum atomic E-state index is 12.2. The summed E-state index contributed by atoms with van der Waals surface area (Å²) in [5.41, 5.74) is 4.64. The molecule has 1 aromatic heterocycles. The number of carboxylic acids is 1. The molecular formula is C25H25N3O5. The summed E-state index contributed by atoms with van der Waals surface area (Å²) in [6.07, 6.45) is 1.87. The third-order valence-electron chi connectivity index (χ3n) is 5.48. The van der Waals surface area contributed by atoms with E-state index in [4.69, 9.17) is 5.11 Å². The zero-order chi connectivity index (χ0) is 24.0. The van der Waals surface area contributed by atoms with Crippen LogP contribution >= 0.6 is 0 Å². The third-order valence-corrected chi connectivity index (χ3v) is 5.48. The van der Waals surface area contributed by atoms with Crippen molar-refractivity contribution in [2.45, 2.75) is 26.2 Å². The van der Waals surface area contributed by atoms with Gasteiger partial charge in [-0.3, -0.25) is 14.4 Å². The van der Waals surface area contributed by atoms with Gasteiger partial charge in [-0.2, -0.15) is 0 Å². The second-order valence-corrected chi connectivity index (χ2v) is 7.76. The smallest absolute Gasteiger partial charge is 0.322 e. The number of amides is 1. The molecule has 1 unspecified atom stereocenters. The van der Waals surface area contributed by atoms with Crippen molar-refractivity contribution in [3.8, 4) is 0 Å². The molecule has 170 valence electrons. The van der Waals surface area contributed by atoms with Crippen LogP contribution in [0.3, 0.4) is 0 Å². The van der Waals surface area contributed by atoms with Crippen molar-refractivity contribution >= 4 is 17.6 Å². The van der Waals surface area contributed by atoms with Gasteiger partial charge in [0.05, 0.1) is 5.71 Å². The minimum atomic E-state index is -1.12. The maximum absolute atomic E-state index is 12.2. The van der Waals surface area contributed by atoms with Crippen LogP contribution in [-0.4, -0.2) is 39.4 Å². The molecule has 0 saturated carbocycles. The van der Waals surface area contributed by atoms with Crippen molar-refractivity contribution in [3.63, 3.8) is 0 Å². The number of aromatic amines is 1. The number of carboxylic acid groups (broad SMARTS) is 1. The number of aliphatic carboxylic acids is 1. The molecule has 1 atom stereocenters. The molecule has 0 saturated heterocycles. The van der Waals surface area contributed by atoms with Crippen molar-refractivity contribution < 1.29 is 19.9 Å². The van der Waals surface area contributed by atoms with Gasteiger partial charge in [-0.05, 0) is 48.7 Å². The standard InChI is InChI=1S/C25H25N3O5/c1-15-5-3-4-6-20(15)21(12-22(28-33)19-11-16(2)24(31)26-13-19)17-7-9-18(10-8-17)25(32)27-14-23(29)30/h3-11,13,21,33H,12,14H2,1-2H3,(H,26,31)(H,27,32)(H,29,30)/b28-22+. The summed E-state index contributed by atoms with van der Waals surface area (Å²) in [6.45, 7) is 3.22. The molecule has 0 spiro atoms. The fraction of sp³-hybridized carbons (Fsp3) is 0.200. The molecule has 0 radical (unpaired) electrons. The number of hydrogen-bond acceptors (Lipinski definition) is 5. The highest BCUT2D eigenvalue weighted by molar-refractivity contribution is 6.01. The fourth-order valence-electron chi connectivity index (χ4n) is 3.68. The molecule has 0 aliphatic carbocycles. The molecule has 1 amide bonds. The number of pyridine rings is 1. The van der Waals surface area contributed by atoms with E-state index in [2.05, 4.69) is 15.5 Å². The minimum Gasteiger partial charge on any atom is -0.480 e. The number of H-pyrrole nitrogens is 1. The SMILES string of the molecule is Cc1ccccc1C(C/C(=N\O)c1c[nH]c(=O)c(C)c1)c1ccc(C(=O)NCC(=O)O)cc1. The highest BCUT2D eigenvalue weighted by Gasteiger charge is 2.21. The van der Waals surface area contributed by atoms with E-state index in [9.17, 15) is 19.6 Å². The number of benzene rings is 2. The number of aromatic nitrogens is 1. The number of hydrogen-bond donors (Lipinski definition) is 4. The number of carbonyl (C=O) groups excluding carboxylic acids is 1. The van der Waals surface area contributed by atoms with Crippen LogP contribution in [-0.2, 0) is 4.79 Å². The number of nitrogens with zero attached hydrogens (tertiary/aromatic N) is 1. The highest BCUT2D eigenvalue weighted by Crippen LogP contribution is 2.32. The van der Waals surface area contributed by atoms with Gasteiger partial charge in [0.15, 0.2) is 0 Å². The van der Waals surface area contributed by atoms with Gasteiger partial charge in [-0.1, -0.05) is 41.6 Å². The van der Waals surface area contributed by atoms with Crippen LogP contribution in [0, 0.1) is 13.8 Å². The van der Waals surface area contributed by atoms with Gasteiger partial charge in [0.1, 0.15) is 6.54 Å². The number of aryl methyl sites for hydroxylation is 2. The van der Waals surface area contributed by atoms with E-state index in [0.29, 0.717) is 28.8 Å². The summed E-state index contributed by atoms with van der Waals surface area (Å²) in [6, 6.07) is 16.4. The van der Waals surface area contributed by atoms with Gasteiger partial charge in [-0.25, -0.2) is 0 Å². The van der Waals surface area contributed by atoms with Crippen LogP contribution in [0.25, 0.3) is 0 Å². The van der Waals surface area contributed by atoms with Crippen molar-refractivity contribution in [3.05, 3.63) is 105 Å². The number of carbonyl (C=O) groups is 2. The van der Waals surface area contributed by atoms with E-state index < -0.39 is 18.4 Å². The van der Waals surface area contributed by atoms with E-state index in [1.165, 1.54) is 6.20 Å². The van der Waals surface area contributed by atoms with Gasteiger partial charge in [0.25, 0.3) is 11.5 Å². The Morgan fingerprint density at radius 2 is 1.73 bits per heavy atom. The fourth-order valence-corrected chi connectivity index (χ4v) is 3.68. The Bertz CT molecular complexity index is 1250. The van der Waals surface area contributed by atoms with E-state index in [-0.39, 0.29) is 11.5 Å². The first-order chi connectivity index (χ1) is 15.8. The quantitative estimate of drug-likeness (QED) is 0.239. The molecule has 3 aromatic rings. The van der Waals surface area contributed by atoms with Crippen LogP contribution in [0.4, 0.5) is 0 Å². The zero-order valence-electron chi connectivity index (χ0n) is 18.3. The molecule has 1 heterocycles. The molecule has 2 aromatic carbocycles. The van der Waals surface area contributed by atoms with Crippen molar-refractivity contribution in [1.29, 1.82) is 0 Å². The average molecular weight is 447 g/mol. The first kappa shape index (κ1) is 23.5. The van der Waals surface area contributed by atoms with E-state index in [0.717, 1.165) is 16.7 Å². The topological polar surface area (TPSA) is 132 Å². The molecular weight excluding hydrogens is 422 g/mol. The number of oxime groups is 1. The Labute approximate surface area is 190 Å². The van der Waals surface area contributed by atoms with Crippen LogP contribution in [0.1, 0.15) is 50.5 Å². The normalized spacial score (nSPS) is 12.2. The van der Waals surface area contributed by atoms with Crippen LogP contribution in [0.2, 0.25) is 0 Å². The lowest BCUT2D eigenvalue weighted by atomic mass is 9.83. The first-order valence-corrected chi connectivity index (χ1v) is 10.4. The van der Waals surface area contributed by atoms with Gasteiger partial charge in [0.2, 0.25) is 0 Å². The summed E-state index contributed by atoms with van der Waals surface area (Å²) < 4.78 is 0. The molecule has 8 nitrogen and oxygen atoms in total. The van der Waals surface area contributed by atoms with Crippen molar-refractivity contribution in [2.24, 2.45) is 5.16 Å². The molecule has 0 aliphatic rings. The number of rotatable bonds is 8. The largest absolute Gasteiger partial charge is 0.480 e. The Morgan fingerprint density at radius 3 is 2.33 bits per heavy atom. The Morgan fingerprint density at radius 1 is 1.03 bits per heavy atom. The molecule has 8 heteroatoms. The minimum absolute atomic E-state index is 0.194. The van der Waals surface area contributed by atoms with Crippen molar-refractivity contribution in [1.82, 2.24) is 10.3 Å². The Hall–Kier alpha value is -4.20. The van der Waals surface area contributed by atoms with Gasteiger partial charge < -0.3 is 20.6 Å².